The van der Waals surface area contributed by atoms with Crippen LogP contribution in [0.15, 0.2) is 35.1 Å². The van der Waals surface area contributed by atoms with E-state index in [2.05, 4.69) is 31.5 Å². The molecule has 29 heavy (non-hydrogen) atoms. The Kier molecular flexibility index (Phi) is 7.15. The second-order valence-electron chi connectivity index (χ2n) is 6.62. The summed E-state index contributed by atoms with van der Waals surface area (Å²) in [6.07, 6.45) is 2.81. The molecule has 2 aromatic rings. The van der Waals surface area contributed by atoms with E-state index >= 15 is 0 Å². The first-order valence-corrected chi connectivity index (χ1v) is 10.4. The van der Waals surface area contributed by atoms with Crippen molar-refractivity contribution in [2.24, 2.45) is 0 Å². The molecule has 1 amide bonds. The number of pyridine rings is 1. The fraction of sp³-hybridized carbons (Fsp3) is 0.333. The molecule has 2 N–H and O–H groups in total. The Labute approximate surface area is 185 Å². The van der Waals surface area contributed by atoms with Crippen LogP contribution in [0.1, 0.15) is 12.8 Å². The van der Waals surface area contributed by atoms with Gasteiger partial charge in [-0.15, -0.1) is 0 Å². The molecule has 0 unspecified atom stereocenters. The molecule has 0 bridgehead atoms. The molecule has 1 fully saturated rings. The van der Waals surface area contributed by atoms with Gasteiger partial charge in [0.2, 0.25) is 5.91 Å². The molecular weight excluding hydrogens is 485 g/mol. The monoisotopic (exact) mass is 501 g/mol. The molecular formula is C18H18BrCl2N5O3. The van der Waals surface area contributed by atoms with Crippen LogP contribution in [0.5, 0.6) is 0 Å². The molecule has 154 valence electrons. The van der Waals surface area contributed by atoms with Gasteiger partial charge in [-0.2, -0.15) is 0 Å². The molecule has 3 rings (SSSR count). The van der Waals surface area contributed by atoms with Crippen LogP contribution in [-0.4, -0.2) is 46.4 Å². The zero-order valence-corrected chi connectivity index (χ0v) is 18.3. The molecule has 8 nitrogen and oxygen atoms in total. The summed E-state index contributed by atoms with van der Waals surface area (Å²) in [7, 11) is 0. The average molecular weight is 503 g/mol. The largest absolute Gasteiger partial charge is 0.376 e. The van der Waals surface area contributed by atoms with Gasteiger partial charge in [0.1, 0.15) is 16.5 Å². The molecule has 1 aromatic carbocycles. The van der Waals surface area contributed by atoms with Gasteiger partial charge in [0.05, 0.1) is 11.5 Å². The Hall–Kier alpha value is -2.10. The van der Waals surface area contributed by atoms with Gasteiger partial charge < -0.3 is 15.5 Å². The highest BCUT2D eigenvalue weighted by molar-refractivity contribution is 9.10. The molecule has 1 aliphatic heterocycles. The van der Waals surface area contributed by atoms with Crippen LogP contribution >= 0.6 is 39.1 Å². The number of carbonyl (C=O) groups excluding carboxylic acids is 1. The highest BCUT2D eigenvalue weighted by atomic mass is 79.9. The summed E-state index contributed by atoms with van der Waals surface area (Å²) in [5, 5.41) is 18.4. The minimum atomic E-state index is -0.479. The van der Waals surface area contributed by atoms with Crippen LogP contribution in [0.3, 0.4) is 0 Å². The Morgan fingerprint density at radius 2 is 2.03 bits per heavy atom. The van der Waals surface area contributed by atoms with Gasteiger partial charge >= 0.3 is 5.69 Å². The lowest BCUT2D eigenvalue weighted by Crippen LogP contribution is -2.47. The molecule has 0 spiro atoms. The topological polar surface area (TPSA) is 100 Å². The van der Waals surface area contributed by atoms with E-state index in [1.165, 1.54) is 6.20 Å². The summed E-state index contributed by atoms with van der Waals surface area (Å²) in [6, 6.07) is 6.49. The zero-order chi connectivity index (χ0) is 21.0. The lowest BCUT2D eigenvalue weighted by atomic mass is 10.1. The fourth-order valence-electron chi connectivity index (χ4n) is 3.17. The Bertz CT molecular complexity index is 910. The number of halogens is 3. The van der Waals surface area contributed by atoms with Crippen LogP contribution in [0.25, 0.3) is 0 Å². The van der Waals surface area contributed by atoms with Gasteiger partial charge in [-0.05, 0) is 47.0 Å². The Balaban J connectivity index is 1.61. The number of nitrogens with one attached hydrogen (secondary N) is 2. The van der Waals surface area contributed by atoms with Gasteiger partial charge in [-0.25, -0.2) is 4.98 Å². The molecule has 0 saturated carbocycles. The Morgan fingerprint density at radius 3 is 2.72 bits per heavy atom. The van der Waals surface area contributed by atoms with Crippen molar-refractivity contribution in [2.75, 3.05) is 30.3 Å². The van der Waals surface area contributed by atoms with E-state index in [9.17, 15) is 14.9 Å². The van der Waals surface area contributed by atoms with Crippen molar-refractivity contribution < 1.29 is 9.72 Å². The summed E-state index contributed by atoms with van der Waals surface area (Å²) in [4.78, 5) is 29.0. The third-order valence-electron chi connectivity index (χ3n) is 4.49. The van der Waals surface area contributed by atoms with Gasteiger partial charge in [0.15, 0.2) is 0 Å². The molecule has 11 heteroatoms. The number of likely N-dealkylation sites (tertiary alicyclic amines) is 1. The first kappa shape index (κ1) is 21.6. The third kappa shape index (κ3) is 5.94. The Morgan fingerprint density at radius 1 is 1.31 bits per heavy atom. The predicted octanol–water partition coefficient (Wildman–Crippen LogP) is 4.57. The highest BCUT2D eigenvalue weighted by Crippen LogP contribution is 2.28. The summed E-state index contributed by atoms with van der Waals surface area (Å²) in [6.45, 7) is 1.19. The van der Waals surface area contributed by atoms with E-state index in [4.69, 9.17) is 23.2 Å². The number of nitrogens with zero attached hydrogens (tertiary/aromatic N) is 3. The number of nitro groups is 1. The molecule has 1 saturated heterocycles. The molecule has 1 aliphatic rings. The number of amides is 1. The van der Waals surface area contributed by atoms with Crippen molar-refractivity contribution >= 4 is 62.1 Å². The number of rotatable bonds is 6. The minimum Gasteiger partial charge on any atom is -0.376 e. The van der Waals surface area contributed by atoms with E-state index in [0.717, 1.165) is 12.8 Å². The summed E-state index contributed by atoms with van der Waals surface area (Å²) in [5.74, 6) is -0.0713. The van der Waals surface area contributed by atoms with E-state index in [1.807, 2.05) is 0 Å². The number of carbonyl (C=O) groups is 1. The van der Waals surface area contributed by atoms with Crippen LogP contribution in [-0.2, 0) is 4.79 Å². The van der Waals surface area contributed by atoms with Crippen molar-refractivity contribution in [3.63, 3.8) is 0 Å². The lowest BCUT2D eigenvalue weighted by Gasteiger charge is -2.33. The van der Waals surface area contributed by atoms with Gasteiger partial charge in [-0.3, -0.25) is 14.9 Å². The number of benzene rings is 1. The fourth-order valence-corrected chi connectivity index (χ4v) is 4.03. The summed E-state index contributed by atoms with van der Waals surface area (Å²) in [5.41, 5.74) is 0.943. The number of hydrogen-bond acceptors (Lipinski definition) is 6. The van der Waals surface area contributed by atoms with Gasteiger partial charge in [-0.1, -0.05) is 23.2 Å². The van der Waals surface area contributed by atoms with Crippen molar-refractivity contribution in [1.82, 2.24) is 9.88 Å². The predicted molar refractivity (Wildman–Crippen MR) is 117 cm³/mol. The van der Waals surface area contributed by atoms with Crippen LogP contribution in [0.4, 0.5) is 17.1 Å². The standard InChI is InChI=1S/C18H18BrCl2N5O3/c19-17-7-15(16(8-23-17)26(28)29)24-13-2-1-3-25(10-13)18(27)9-22-14-5-11(20)4-12(21)6-14/h4-8,13,22H,1-3,9-10H2,(H,23,24)/t13-/m0/s1. The maximum Gasteiger partial charge on any atom is 0.310 e. The lowest BCUT2D eigenvalue weighted by molar-refractivity contribution is -0.384. The SMILES string of the molecule is O=C(CNc1cc(Cl)cc(Cl)c1)N1CCC[C@H](Nc2cc(Br)ncc2[N+](=O)[O-])C1. The van der Waals surface area contributed by atoms with E-state index in [1.54, 1.807) is 29.2 Å². The van der Waals surface area contributed by atoms with Crippen molar-refractivity contribution in [2.45, 2.75) is 18.9 Å². The van der Waals surface area contributed by atoms with E-state index in [0.29, 0.717) is 39.1 Å². The van der Waals surface area contributed by atoms with Crippen molar-refractivity contribution in [3.05, 3.63) is 55.2 Å². The first-order valence-electron chi connectivity index (χ1n) is 8.86. The van der Waals surface area contributed by atoms with Gasteiger partial charge in [0.25, 0.3) is 0 Å². The van der Waals surface area contributed by atoms with Crippen molar-refractivity contribution in [3.8, 4) is 0 Å². The molecule has 0 radical (unpaired) electrons. The maximum absolute atomic E-state index is 12.6. The van der Waals surface area contributed by atoms with Crippen LogP contribution < -0.4 is 10.6 Å². The second-order valence-corrected chi connectivity index (χ2v) is 8.30. The summed E-state index contributed by atoms with van der Waals surface area (Å²) >= 11 is 15.2. The smallest absolute Gasteiger partial charge is 0.310 e. The zero-order valence-electron chi connectivity index (χ0n) is 15.2. The normalized spacial score (nSPS) is 16.4. The first-order chi connectivity index (χ1) is 13.8. The third-order valence-corrected chi connectivity index (χ3v) is 5.36. The number of hydrogen-bond donors (Lipinski definition) is 2. The van der Waals surface area contributed by atoms with Crippen LogP contribution in [0, 0.1) is 10.1 Å². The molecule has 2 heterocycles. The highest BCUT2D eigenvalue weighted by Gasteiger charge is 2.25. The minimum absolute atomic E-state index is 0.0713. The van der Waals surface area contributed by atoms with E-state index < -0.39 is 4.92 Å². The van der Waals surface area contributed by atoms with E-state index in [-0.39, 0.29) is 24.2 Å². The molecule has 1 aromatic heterocycles. The summed E-state index contributed by atoms with van der Waals surface area (Å²) < 4.78 is 0.499. The quantitative estimate of drug-likeness (QED) is 0.341. The number of anilines is 2. The van der Waals surface area contributed by atoms with Crippen LogP contribution in [0.2, 0.25) is 10.0 Å². The average Bonchev–Trinajstić information content (AvgIpc) is 2.65. The molecule has 1 atom stereocenters. The second kappa shape index (κ2) is 9.60. The van der Waals surface area contributed by atoms with Gasteiger partial charge in [0, 0.05) is 40.9 Å². The number of aromatic nitrogens is 1. The van der Waals surface area contributed by atoms with Crippen molar-refractivity contribution in [1.29, 1.82) is 0 Å². The maximum atomic E-state index is 12.6. The number of piperidine rings is 1. The molecule has 0 aliphatic carbocycles.